The summed E-state index contributed by atoms with van der Waals surface area (Å²) in [7, 11) is 1.75. The molecule has 2 atom stereocenters. The number of carbonyl (C=O) groups excluding carboxylic acids is 1. The van der Waals surface area contributed by atoms with Crippen molar-refractivity contribution < 1.29 is 14.3 Å². The molecule has 0 aromatic rings. The Balaban J connectivity index is 0.00000364. The number of piperidine rings is 1. The maximum absolute atomic E-state index is 12.3. The lowest BCUT2D eigenvalue weighted by atomic mass is 10.0. The highest BCUT2D eigenvalue weighted by molar-refractivity contribution is 14.0. The first-order valence-corrected chi connectivity index (χ1v) is 10.1. The summed E-state index contributed by atoms with van der Waals surface area (Å²) >= 11 is 0. The molecule has 0 aromatic carbocycles. The van der Waals surface area contributed by atoms with Gasteiger partial charge < -0.3 is 25.0 Å². The standard InChI is InChI=1S/C19H36N4O3.HI/c1-16-6-3-4-11-23(16)18(24)7-10-22-19(20-2)21-9-5-12-25-14-17-8-13-26-15-17;/h16-17H,3-15H2,1-2H3,(H2,20,21,22);1H. The van der Waals surface area contributed by atoms with Gasteiger partial charge in [0.25, 0.3) is 0 Å². The summed E-state index contributed by atoms with van der Waals surface area (Å²) < 4.78 is 11.0. The van der Waals surface area contributed by atoms with Crippen molar-refractivity contribution in [3.05, 3.63) is 0 Å². The fraction of sp³-hybridized carbons (Fsp3) is 0.895. The Kier molecular flexibility index (Phi) is 13.0. The van der Waals surface area contributed by atoms with Crippen molar-refractivity contribution in [2.75, 3.05) is 53.1 Å². The van der Waals surface area contributed by atoms with Crippen LogP contribution in [0.2, 0.25) is 0 Å². The first kappa shape index (κ1) is 24.4. The number of nitrogens with one attached hydrogen (secondary N) is 2. The molecule has 2 unspecified atom stereocenters. The average molecular weight is 496 g/mol. The zero-order valence-electron chi connectivity index (χ0n) is 16.9. The molecule has 158 valence electrons. The smallest absolute Gasteiger partial charge is 0.224 e. The van der Waals surface area contributed by atoms with E-state index in [0.29, 0.717) is 24.9 Å². The normalized spacial score (nSPS) is 23.0. The number of likely N-dealkylation sites (tertiary alicyclic amines) is 1. The lowest BCUT2D eigenvalue weighted by molar-refractivity contribution is -0.134. The van der Waals surface area contributed by atoms with Crippen LogP contribution in [0.3, 0.4) is 0 Å². The van der Waals surface area contributed by atoms with Crippen LogP contribution in [0.1, 0.15) is 45.4 Å². The molecule has 0 aliphatic carbocycles. The molecule has 1 amide bonds. The number of hydrogen-bond donors (Lipinski definition) is 2. The molecule has 0 bridgehead atoms. The molecule has 0 aromatic heterocycles. The van der Waals surface area contributed by atoms with Crippen molar-refractivity contribution in [2.24, 2.45) is 10.9 Å². The van der Waals surface area contributed by atoms with E-state index in [9.17, 15) is 4.79 Å². The van der Waals surface area contributed by atoms with Gasteiger partial charge in [-0.25, -0.2) is 0 Å². The highest BCUT2D eigenvalue weighted by Crippen LogP contribution is 2.17. The zero-order valence-corrected chi connectivity index (χ0v) is 19.2. The molecule has 0 radical (unpaired) electrons. The van der Waals surface area contributed by atoms with E-state index in [2.05, 4.69) is 22.5 Å². The topological polar surface area (TPSA) is 75.2 Å². The summed E-state index contributed by atoms with van der Waals surface area (Å²) in [5.74, 6) is 1.55. The third-order valence-corrected chi connectivity index (χ3v) is 5.11. The van der Waals surface area contributed by atoms with Gasteiger partial charge in [-0.2, -0.15) is 0 Å². The Morgan fingerprint density at radius 2 is 2.07 bits per heavy atom. The number of nitrogens with zero attached hydrogens (tertiary/aromatic N) is 2. The summed E-state index contributed by atoms with van der Waals surface area (Å²) in [6.07, 6.45) is 6.04. The Morgan fingerprint density at radius 3 is 2.78 bits per heavy atom. The zero-order chi connectivity index (χ0) is 18.6. The number of amides is 1. The molecular formula is C19H37IN4O3. The summed E-state index contributed by atoms with van der Waals surface area (Å²) in [5, 5.41) is 6.49. The first-order chi connectivity index (χ1) is 12.7. The van der Waals surface area contributed by atoms with E-state index < -0.39 is 0 Å². The average Bonchev–Trinajstić information content (AvgIpc) is 3.16. The van der Waals surface area contributed by atoms with E-state index in [1.165, 1.54) is 6.42 Å². The molecule has 2 aliphatic heterocycles. The molecule has 7 nitrogen and oxygen atoms in total. The third-order valence-electron chi connectivity index (χ3n) is 5.11. The van der Waals surface area contributed by atoms with Crippen LogP contribution in [0.4, 0.5) is 0 Å². The van der Waals surface area contributed by atoms with Crippen LogP contribution < -0.4 is 10.6 Å². The van der Waals surface area contributed by atoms with Gasteiger partial charge in [-0.1, -0.05) is 0 Å². The molecule has 27 heavy (non-hydrogen) atoms. The lowest BCUT2D eigenvalue weighted by Crippen LogP contribution is -2.44. The summed E-state index contributed by atoms with van der Waals surface area (Å²) in [6.45, 7) is 7.71. The summed E-state index contributed by atoms with van der Waals surface area (Å²) in [4.78, 5) is 18.5. The monoisotopic (exact) mass is 496 g/mol. The number of rotatable bonds is 9. The predicted molar refractivity (Wildman–Crippen MR) is 119 cm³/mol. The van der Waals surface area contributed by atoms with Crippen molar-refractivity contribution in [3.8, 4) is 0 Å². The quantitative estimate of drug-likeness (QED) is 0.221. The molecule has 2 heterocycles. The number of ether oxygens (including phenoxy) is 2. The largest absolute Gasteiger partial charge is 0.381 e. The van der Waals surface area contributed by atoms with Crippen molar-refractivity contribution in [2.45, 2.75) is 51.5 Å². The van der Waals surface area contributed by atoms with Gasteiger partial charge in [0.05, 0.1) is 13.2 Å². The minimum Gasteiger partial charge on any atom is -0.381 e. The van der Waals surface area contributed by atoms with E-state index in [1.807, 2.05) is 4.90 Å². The molecule has 0 spiro atoms. The van der Waals surface area contributed by atoms with Crippen LogP contribution in [0.25, 0.3) is 0 Å². The number of hydrogen-bond acceptors (Lipinski definition) is 4. The number of halogens is 1. The Morgan fingerprint density at radius 1 is 1.26 bits per heavy atom. The Labute approximate surface area is 181 Å². The van der Waals surface area contributed by atoms with Gasteiger partial charge >= 0.3 is 0 Å². The van der Waals surface area contributed by atoms with E-state index >= 15 is 0 Å². The molecule has 2 aliphatic rings. The highest BCUT2D eigenvalue weighted by atomic mass is 127. The van der Waals surface area contributed by atoms with Gasteiger partial charge in [-0.15, -0.1) is 24.0 Å². The maximum Gasteiger partial charge on any atom is 0.224 e. The third kappa shape index (κ3) is 9.43. The number of guanidine groups is 1. The second kappa shape index (κ2) is 14.4. The van der Waals surface area contributed by atoms with E-state index in [-0.39, 0.29) is 29.9 Å². The van der Waals surface area contributed by atoms with Crippen molar-refractivity contribution in [3.63, 3.8) is 0 Å². The van der Waals surface area contributed by atoms with Crippen LogP contribution in [-0.2, 0) is 14.3 Å². The molecule has 8 heteroatoms. The Bertz CT molecular complexity index is 445. The van der Waals surface area contributed by atoms with Crippen LogP contribution in [0, 0.1) is 5.92 Å². The van der Waals surface area contributed by atoms with Crippen molar-refractivity contribution >= 4 is 35.8 Å². The molecule has 2 N–H and O–H groups in total. The summed E-state index contributed by atoms with van der Waals surface area (Å²) in [5.41, 5.74) is 0. The van der Waals surface area contributed by atoms with Gasteiger partial charge in [0.15, 0.2) is 5.96 Å². The van der Waals surface area contributed by atoms with Crippen molar-refractivity contribution in [1.29, 1.82) is 0 Å². The maximum atomic E-state index is 12.3. The fourth-order valence-corrected chi connectivity index (χ4v) is 3.47. The molecule has 0 saturated carbocycles. The predicted octanol–water partition coefficient (Wildman–Crippen LogP) is 2.00. The Hall–Kier alpha value is -0.610. The van der Waals surface area contributed by atoms with Crippen LogP contribution in [0.5, 0.6) is 0 Å². The summed E-state index contributed by atoms with van der Waals surface area (Å²) in [6, 6.07) is 0.379. The number of carbonyl (C=O) groups is 1. The second-order valence-electron chi connectivity index (χ2n) is 7.27. The molecule has 2 rings (SSSR count). The van der Waals surface area contributed by atoms with Gasteiger partial charge in [0.1, 0.15) is 0 Å². The highest BCUT2D eigenvalue weighted by Gasteiger charge is 2.22. The minimum atomic E-state index is 0. The SMILES string of the molecule is CN=C(NCCCOCC1CCOC1)NCCC(=O)N1CCCCC1C.I. The van der Waals surface area contributed by atoms with E-state index in [0.717, 1.165) is 71.2 Å². The lowest BCUT2D eigenvalue weighted by Gasteiger charge is -2.33. The fourth-order valence-electron chi connectivity index (χ4n) is 3.47. The van der Waals surface area contributed by atoms with Crippen LogP contribution >= 0.6 is 24.0 Å². The number of aliphatic imine (C=N–C) groups is 1. The molecule has 2 saturated heterocycles. The first-order valence-electron chi connectivity index (χ1n) is 10.1. The van der Waals surface area contributed by atoms with Crippen LogP contribution in [-0.4, -0.2) is 75.9 Å². The molecular weight excluding hydrogens is 459 g/mol. The van der Waals surface area contributed by atoms with Crippen LogP contribution in [0.15, 0.2) is 4.99 Å². The van der Waals surface area contributed by atoms with Gasteiger partial charge in [0, 0.05) is 58.3 Å². The van der Waals surface area contributed by atoms with Gasteiger partial charge in [-0.05, 0) is 39.0 Å². The second-order valence-corrected chi connectivity index (χ2v) is 7.27. The van der Waals surface area contributed by atoms with E-state index in [1.54, 1.807) is 7.05 Å². The molecule has 2 fully saturated rings. The van der Waals surface area contributed by atoms with Gasteiger partial charge in [-0.3, -0.25) is 9.79 Å². The van der Waals surface area contributed by atoms with Gasteiger partial charge in [0.2, 0.25) is 5.91 Å². The van der Waals surface area contributed by atoms with E-state index in [4.69, 9.17) is 9.47 Å². The van der Waals surface area contributed by atoms with Crippen molar-refractivity contribution in [1.82, 2.24) is 15.5 Å². The minimum absolute atomic E-state index is 0.